The third-order valence-corrected chi connectivity index (χ3v) is 6.59. The van der Waals surface area contributed by atoms with E-state index in [9.17, 15) is 9.59 Å². The fourth-order valence-corrected chi connectivity index (χ4v) is 4.62. The Kier molecular flexibility index (Phi) is 6.85. The highest BCUT2D eigenvalue weighted by Crippen LogP contribution is 2.28. The first kappa shape index (κ1) is 21.0. The normalized spacial score (nSPS) is 12.1. The van der Waals surface area contributed by atoms with Gasteiger partial charge in [0.05, 0.1) is 21.8 Å². The largest absolute Gasteiger partial charge is 0.324 e. The predicted molar refractivity (Wildman–Crippen MR) is 122 cm³/mol. The molecule has 8 heteroatoms. The van der Waals surface area contributed by atoms with Crippen LogP contribution in [0.3, 0.4) is 0 Å². The fourth-order valence-electron chi connectivity index (χ4n) is 2.74. The maximum atomic E-state index is 12.8. The summed E-state index contributed by atoms with van der Waals surface area (Å²) in [4.78, 5) is 31.2. The standard InChI is InChI=1S/C20H20BrN3O2S2/c1-4-24-19(26)14-11-13(21)9-10-15(14)23-20(24)28-12(2)18(25)22-16-7-5-6-8-17(16)27-3/h5-12H,4H2,1-3H3,(H,22,25). The second-order valence-electron chi connectivity index (χ2n) is 6.05. The first-order chi connectivity index (χ1) is 13.4. The van der Waals surface area contributed by atoms with Crippen molar-refractivity contribution in [3.05, 3.63) is 57.3 Å². The number of benzene rings is 2. The van der Waals surface area contributed by atoms with Gasteiger partial charge in [-0.1, -0.05) is 39.8 Å². The van der Waals surface area contributed by atoms with Gasteiger partial charge in [0.1, 0.15) is 0 Å². The molecular weight excluding hydrogens is 458 g/mol. The second kappa shape index (κ2) is 9.15. The smallest absolute Gasteiger partial charge is 0.262 e. The summed E-state index contributed by atoms with van der Waals surface area (Å²) in [7, 11) is 0. The Morgan fingerprint density at radius 3 is 2.75 bits per heavy atom. The molecule has 0 saturated carbocycles. The van der Waals surface area contributed by atoms with Crippen LogP contribution in [0.2, 0.25) is 0 Å². The average molecular weight is 478 g/mol. The molecule has 0 aliphatic carbocycles. The van der Waals surface area contributed by atoms with Crippen molar-refractivity contribution in [1.82, 2.24) is 9.55 Å². The Labute approximate surface area is 180 Å². The van der Waals surface area contributed by atoms with Gasteiger partial charge in [0.25, 0.3) is 5.56 Å². The molecule has 3 aromatic rings. The van der Waals surface area contributed by atoms with Gasteiger partial charge in [-0.25, -0.2) is 4.98 Å². The van der Waals surface area contributed by atoms with E-state index < -0.39 is 5.25 Å². The minimum atomic E-state index is -0.410. The highest BCUT2D eigenvalue weighted by atomic mass is 79.9. The quantitative estimate of drug-likeness (QED) is 0.398. The number of fused-ring (bicyclic) bond motifs is 1. The lowest BCUT2D eigenvalue weighted by atomic mass is 10.2. The topological polar surface area (TPSA) is 64.0 Å². The van der Waals surface area contributed by atoms with Gasteiger partial charge >= 0.3 is 0 Å². The van der Waals surface area contributed by atoms with Crippen LogP contribution in [0, 0.1) is 0 Å². The molecule has 1 atom stereocenters. The molecule has 0 aliphatic rings. The van der Waals surface area contributed by atoms with Gasteiger partial charge in [0.15, 0.2) is 5.16 Å². The maximum Gasteiger partial charge on any atom is 0.262 e. The number of nitrogens with one attached hydrogen (secondary N) is 1. The monoisotopic (exact) mass is 477 g/mol. The minimum absolute atomic E-state index is 0.100. The van der Waals surface area contributed by atoms with Crippen molar-refractivity contribution < 1.29 is 4.79 Å². The number of anilines is 1. The van der Waals surface area contributed by atoms with E-state index in [4.69, 9.17) is 0 Å². The van der Waals surface area contributed by atoms with Crippen molar-refractivity contribution in [2.75, 3.05) is 11.6 Å². The number of hydrogen-bond acceptors (Lipinski definition) is 5. The first-order valence-electron chi connectivity index (χ1n) is 8.75. The fraction of sp³-hybridized carbons (Fsp3) is 0.250. The summed E-state index contributed by atoms with van der Waals surface area (Å²) in [5, 5.41) is 3.67. The van der Waals surface area contributed by atoms with Gasteiger partial charge in [-0.15, -0.1) is 11.8 Å². The molecule has 1 aromatic heterocycles. The van der Waals surface area contributed by atoms with E-state index in [1.54, 1.807) is 22.4 Å². The van der Waals surface area contributed by atoms with Crippen molar-refractivity contribution in [1.29, 1.82) is 0 Å². The van der Waals surface area contributed by atoms with Crippen molar-refractivity contribution >= 4 is 62.0 Å². The van der Waals surface area contributed by atoms with Gasteiger partial charge in [-0.2, -0.15) is 0 Å². The number of amides is 1. The summed E-state index contributed by atoms with van der Waals surface area (Å²) in [6, 6.07) is 13.1. The van der Waals surface area contributed by atoms with Crippen molar-refractivity contribution in [2.24, 2.45) is 0 Å². The Morgan fingerprint density at radius 1 is 1.29 bits per heavy atom. The predicted octanol–water partition coefficient (Wildman–Crippen LogP) is 5.02. The van der Waals surface area contributed by atoms with Gasteiger partial charge in [-0.3, -0.25) is 14.2 Å². The summed E-state index contributed by atoms with van der Waals surface area (Å²) in [5.74, 6) is -0.126. The highest BCUT2D eigenvalue weighted by molar-refractivity contribution is 9.10. The van der Waals surface area contributed by atoms with Gasteiger partial charge in [0.2, 0.25) is 5.91 Å². The Hall–Kier alpha value is -1.77. The van der Waals surface area contributed by atoms with Crippen LogP contribution in [0.15, 0.2) is 61.8 Å². The van der Waals surface area contributed by atoms with Gasteiger partial charge in [-0.05, 0) is 50.4 Å². The summed E-state index contributed by atoms with van der Waals surface area (Å²) in [6.45, 7) is 4.20. The van der Waals surface area contributed by atoms with E-state index in [0.717, 1.165) is 15.1 Å². The van der Waals surface area contributed by atoms with Crippen LogP contribution in [0.1, 0.15) is 13.8 Å². The first-order valence-corrected chi connectivity index (χ1v) is 11.6. The van der Waals surface area contributed by atoms with Crippen LogP contribution in [0.25, 0.3) is 10.9 Å². The lowest BCUT2D eigenvalue weighted by molar-refractivity contribution is -0.115. The number of nitrogens with zero attached hydrogens (tertiary/aromatic N) is 2. The summed E-state index contributed by atoms with van der Waals surface area (Å²) in [6.07, 6.45) is 1.97. The number of para-hydroxylation sites is 1. The third-order valence-electron chi connectivity index (χ3n) is 4.21. The highest BCUT2D eigenvalue weighted by Gasteiger charge is 2.20. The van der Waals surface area contributed by atoms with Crippen LogP contribution in [-0.2, 0) is 11.3 Å². The Balaban J connectivity index is 1.88. The Bertz CT molecular complexity index is 1080. The summed E-state index contributed by atoms with van der Waals surface area (Å²) >= 11 is 6.27. The number of carbonyl (C=O) groups excluding carboxylic acids is 1. The molecule has 0 radical (unpaired) electrons. The Morgan fingerprint density at radius 2 is 2.04 bits per heavy atom. The van der Waals surface area contributed by atoms with Crippen LogP contribution in [-0.4, -0.2) is 27.0 Å². The molecule has 146 valence electrons. The number of aromatic nitrogens is 2. The minimum Gasteiger partial charge on any atom is -0.324 e. The van der Waals surface area contributed by atoms with Crippen molar-refractivity contribution in [2.45, 2.75) is 35.7 Å². The number of hydrogen-bond donors (Lipinski definition) is 1. The molecule has 0 aliphatic heterocycles. The molecule has 3 rings (SSSR count). The average Bonchev–Trinajstić information content (AvgIpc) is 2.69. The number of carbonyl (C=O) groups is 1. The summed E-state index contributed by atoms with van der Waals surface area (Å²) in [5.41, 5.74) is 1.31. The third kappa shape index (κ3) is 4.45. The molecule has 5 nitrogen and oxygen atoms in total. The maximum absolute atomic E-state index is 12.8. The lowest BCUT2D eigenvalue weighted by Gasteiger charge is -2.16. The SMILES string of the molecule is CCn1c(SC(C)C(=O)Nc2ccccc2SC)nc2ccc(Br)cc2c1=O. The number of thioether (sulfide) groups is 2. The molecule has 28 heavy (non-hydrogen) atoms. The van der Waals surface area contributed by atoms with E-state index in [0.29, 0.717) is 22.6 Å². The molecule has 0 saturated heterocycles. The number of halogens is 1. The van der Waals surface area contributed by atoms with Crippen LogP contribution in [0.5, 0.6) is 0 Å². The lowest BCUT2D eigenvalue weighted by Crippen LogP contribution is -2.26. The second-order valence-corrected chi connectivity index (χ2v) is 9.13. The van der Waals surface area contributed by atoms with E-state index in [1.807, 2.05) is 56.5 Å². The van der Waals surface area contributed by atoms with Gasteiger partial charge < -0.3 is 5.32 Å². The van der Waals surface area contributed by atoms with Crippen LogP contribution >= 0.6 is 39.5 Å². The van der Waals surface area contributed by atoms with Gasteiger partial charge in [0, 0.05) is 15.9 Å². The molecule has 1 N–H and O–H groups in total. The molecule has 2 aromatic carbocycles. The van der Waals surface area contributed by atoms with Crippen LogP contribution < -0.4 is 10.9 Å². The van der Waals surface area contributed by atoms with E-state index in [-0.39, 0.29) is 11.5 Å². The molecule has 1 unspecified atom stereocenters. The molecule has 0 bridgehead atoms. The number of rotatable bonds is 6. The molecule has 0 fully saturated rings. The molecule has 1 heterocycles. The van der Waals surface area contributed by atoms with Crippen molar-refractivity contribution in [3.63, 3.8) is 0 Å². The zero-order valence-corrected chi connectivity index (χ0v) is 19.0. The zero-order chi connectivity index (χ0) is 20.3. The summed E-state index contributed by atoms with van der Waals surface area (Å²) < 4.78 is 2.45. The molecule has 0 spiro atoms. The molecular formula is C20H20BrN3O2S2. The van der Waals surface area contributed by atoms with E-state index in [1.165, 1.54) is 11.8 Å². The molecule has 1 amide bonds. The van der Waals surface area contributed by atoms with E-state index in [2.05, 4.69) is 26.2 Å². The van der Waals surface area contributed by atoms with Crippen LogP contribution in [0.4, 0.5) is 5.69 Å². The van der Waals surface area contributed by atoms with Crippen molar-refractivity contribution in [3.8, 4) is 0 Å². The zero-order valence-electron chi connectivity index (χ0n) is 15.7. The van der Waals surface area contributed by atoms with E-state index >= 15 is 0 Å².